The van der Waals surface area contributed by atoms with Crippen LogP contribution in [0, 0.1) is 5.82 Å². The number of nitrogens with two attached hydrogens (primary N) is 1. The molecule has 5 heteroatoms. The van der Waals surface area contributed by atoms with Gasteiger partial charge in [0, 0.05) is 0 Å². The molecule has 0 aliphatic heterocycles. The maximum Gasteiger partial charge on any atom is 0.180 e. The van der Waals surface area contributed by atoms with Crippen LogP contribution in [-0.4, -0.2) is 17.4 Å². The van der Waals surface area contributed by atoms with Crippen LogP contribution >= 0.6 is 15.9 Å². The van der Waals surface area contributed by atoms with E-state index in [-0.39, 0.29) is 22.3 Å². The van der Waals surface area contributed by atoms with E-state index in [1.54, 1.807) is 0 Å². The van der Waals surface area contributed by atoms with Crippen LogP contribution in [0.3, 0.4) is 0 Å². The van der Waals surface area contributed by atoms with Gasteiger partial charge in [0.15, 0.2) is 5.78 Å². The number of carbonyl (C=O) groups excluding carboxylic acids is 1. The molecule has 0 saturated heterocycles. The summed E-state index contributed by atoms with van der Waals surface area (Å²) in [5.74, 6) is -1.38. The number of phenolic OH excluding ortho intramolecular Hbond substituents is 1. The highest BCUT2D eigenvalue weighted by atomic mass is 79.9. The Balaban J connectivity index is 3.28. The molecular formula is C8H7BrFNO2. The molecular weight excluding hydrogens is 241 g/mol. The van der Waals surface area contributed by atoms with Gasteiger partial charge >= 0.3 is 0 Å². The Hall–Kier alpha value is -0.940. The zero-order valence-corrected chi connectivity index (χ0v) is 8.14. The number of rotatable bonds is 2. The third-order valence-corrected chi connectivity index (χ3v) is 2.12. The minimum atomic E-state index is -0.596. The van der Waals surface area contributed by atoms with Gasteiger partial charge in [-0.15, -0.1) is 0 Å². The average molecular weight is 248 g/mol. The maximum absolute atomic E-state index is 12.8. The van der Waals surface area contributed by atoms with Crippen molar-refractivity contribution in [2.24, 2.45) is 5.73 Å². The normalized spacial score (nSPS) is 10.1. The molecule has 0 bridgehead atoms. The second-order valence-electron chi connectivity index (χ2n) is 2.41. The van der Waals surface area contributed by atoms with E-state index in [1.165, 1.54) is 0 Å². The highest BCUT2D eigenvalue weighted by Crippen LogP contribution is 2.28. The zero-order valence-electron chi connectivity index (χ0n) is 6.55. The minimum Gasteiger partial charge on any atom is -0.506 e. The van der Waals surface area contributed by atoms with Gasteiger partial charge in [-0.2, -0.15) is 0 Å². The lowest BCUT2D eigenvalue weighted by atomic mass is 10.1. The third-order valence-electron chi connectivity index (χ3n) is 1.51. The van der Waals surface area contributed by atoms with Crippen LogP contribution < -0.4 is 5.73 Å². The standard InChI is InChI=1S/C8H7BrFNO2/c9-6-2-4(10)1-5(8(6)13)7(12)3-11/h1-2,13H,3,11H2. The van der Waals surface area contributed by atoms with Gasteiger partial charge in [-0.05, 0) is 28.1 Å². The lowest BCUT2D eigenvalue weighted by Crippen LogP contribution is -2.14. The number of halogens is 2. The number of carbonyl (C=O) groups is 1. The van der Waals surface area contributed by atoms with Crippen molar-refractivity contribution in [3.05, 3.63) is 28.0 Å². The van der Waals surface area contributed by atoms with Crippen molar-refractivity contribution in [3.8, 4) is 5.75 Å². The second-order valence-corrected chi connectivity index (χ2v) is 3.27. The van der Waals surface area contributed by atoms with Gasteiger partial charge < -0.3 is 10.8 Å². The molecule has 1 aromatic carbocycles. The summed E-state index contributed by atoms with van der Waals surface area (Å²) < 4.78 is 12.9. The number of hydrogen-bond donors (Lipinski definition) is 2. The molecule has 70 valence electrons. The van der Waals surface area contributed by atoms with Gasteiger partial charge in [0.05, 0.1) is 16.6 Å². The highest BCUT2D eigenvalue weighted by molar-refractivity contribution is 9.10. The molecule has 0 saturated carbocycles. The Morgan fingerprint density at radius 1 is 1.62 bits per heavy atom. The van der Waals surface area contributed by atoms with Crippen LogP contribution in [0.25, 0.3) is 0 Å². The smallest absolute Gasteiger partial charge is 0.180 e. The van der Waals surface area contributed by atoms with E-state index in [0.29, 0.717) is 0 Å². The molecule has 3 N–H and O–H groups in total. The molecule has 3 nitrogen and oxygen atoms in total. The van der Waals surface area contributed by atoms with Gasteiger partial charge in [0.1, 0.15) is 11.6 Å². The fourth-order valence-corrected chi connectivity index (χ4v) is 1.32. The minimum absolute atomic E-state index is 0.102. The first-order valence-electron chi connectivity index (χ1n) is 3.47. The van der Waals surface area contributed by atoms with Crippen LogP contribution in [0.1, 0.15) is 10.4 Å². The average Bonchev–Trinajstić information content (AvgIpc) is 2.10. The molecule has 13 heavy (non-hydrogen) atoms. The van der Waals surface area contributed by atoms with E-state index in [0.717, 1.165) is 12.1 Å². The third kappa shape index (κ3) is 2.05. The first-order valence-corrected chi connectivity index (χ1v) is 4.27. The van der Waals surface area contributed by atoms with Crippen LogP contribution in [0.4, 0.5) is 4.39 Å². The largest absolute Gasteiger partial charge is 0.506 e. The summed E-state index contributed by atoms with van der Waals surface area (Å²) >= 11 is 2.91. The molecule has 0 aliphatic rings. The SMILES string of the molecule is NCC(=O)c1cc(F)cc(Br)c1O. The Morgan fingerprint density at radius 2 is 2.23 bits per heavy atom. The number of hydrogen-bond acceptors (Lipinski definition) is 3. The van der Waals surface area contributed by atoms with E-state index in [2.05, 4.69) is 15.9 Å². The predicted octanol–water partition coefficient (Wildman–Crippen LogP) is 1.44. The number of aromatic hydroxyl groups is 1. The van der Waals surface area contributed by atoms with E-state index in [1.807, 2.05) is 0 Å². The van der Waals surface area contributed by atoms with Crippen molar-refractivity contribution in [2.75, 3.05) is 6.54 Å². The van der Waals surface area contributed by atoms with Crippen molar-refractivity contribution in [3.63, 3.8) is 0 Å². The Morgan fingerprint density at radius 3 is 2.77 bits per heavy atom. The summed E-state index contributed by atoms with van der Waals surface area (Å²) in [7, 11) is 0. The molecule has 0 heterocycles. The van der Waals surface area contributed by atoms with E-state index in [4.69, 9.17) is 5.73 Å². The van der Waals surface area contributed by atoms with Crippen molar-refractivity contribution in [1.29, 1.82) is 0 Å². The maximum atomic E-state index is 12.8. The molecule has 0 atom stereocenters. The number of Topliss-reactive ketones (excluding diaryl/α,β-unsaturated/α-hetero) is 1. The summed E-state index contributed by atoms with van der Waals surface area (Å²) in [5, 5.41) is 9.33. The number of benzene rings is 1. The van der Waals surface area contributed by atoms with Crippen LogP contribution in [0.15, 0.2) is 16.6 Å². The summed E-state index contributed by atoms with van der Waals surface area (Å²) in [4.78, 5) is 11.1. The molecule has 0 fully saturated rings. The van der Waals surface area contributed by atoms with E-state index < -0.39 is 11.6 Å². The lowest BCUT2D eigenvalue weighted by Gasteiger charge is -2.03. The monoisotopic (exact) mass is 247 g/mol. The Kier molecular flexibility index (Phi) is 3.00. The fourth-order valence-electron chi connectivity index (χ4n) is 0.888. The molecule has 0 unspecified atom stereocenters. The van der Waals surface area contributed by atoms with Gasteiger partial charge in [0.2, 0.25) is 0 Å². The van der Waals surface area contributed by atoms with Gasteiger partial charge in [-0.3, -0.25) is 4.79 Å². The Labute approximate surface area is 82.5 Å². The molecule has 0 radical (unpaired) electrons. The summed E-state index contributed by atoms with van der Waals surface area (Å²) in [5.41, 5.74) is 4.97. The van der Waals surface area contributed by atoms with Crippen LogP contribution in [-0.2, 0) is 0 Å². The topological polar surface area (TPSA) is 63.3 Å². The molecule has 0 aromatic heterocycles. The molecule has 0 aliphatic carbocycles. The van der Waals surface area contributed by atoms with Gasteiger partial charge in [-0.25, -0.2) is 4.39 Å². The Bertz CT molecular complexity index is 354. The zero-order chi connectivity index (χ0) is 10.0. The van der Waals surface area contributed by atoms with Crippen LogP contribution in [0.5, 0.6) is 5.75 Å². The number of phenols is 1. The summed E-state index contributed by atoms with van der Waals surface area (Å²) in [6.07, 6.45) is 0. The first kappa shape index (κ1) is 10.1. The van der Waals surface area contributed by atoms with Crippen molar-refractivity contribution in [1.82, 2.24) is 0 Å². The predicted molar refractivity (Wildman–Crippen MR) is 49.1 cm³/mol. The fraction of sp³-hybridized carbons (Fsp3) is 0.125. The molecule has 1 aromatic rings. The van der Waals surface area contributed by atoms with E-state index >= 15 is 0 Å². The van der Waals surface area contributed by atoms with Crippen molar-refractivity contribution in [2.45, 2.75) is 0 Å². The summed E-state index contributed by atoms with van der Waals surface area (Å²) in [6.45, 7) is -0.260. The first-order chi connectivity index (χ1) is 6.06. The summed E-state index contributed by atoms with van der Waals surface area (Å²) in [6, 6.07) is 2.03. The van der Waals surface area contributed by atoms with Gasteiger partial charge in [-0.1, -0.05) is 0 Å². The molecule has 0 spiro atoms. The van der Waals surface area contributed by atoms with Gasteiger partial charge in [0.25, 0.3) is 0 Å². The van der Waals surface area contributed by atoms with E-state index in [9.17, 15) is 14.3 Å². The number of ketones is 1. The van der Waals surface area contributed by atoms with Crippen molar-refractivity contribution >= 4 is 21.7 Å². The second kappa shape index (κ2) is 3.85. The molecule has 1 rings (SSSR count). The quantitative estimate of drug-likeness (QED) is 0.778. The lowest BCUT2D eigenvalue weighted by molar-refractivity contribution is 0.0998. The van der Waals surface area contributed by atoms with Crippen LogP contribution in [0.2, 0.25) is 0 Å². The van der Waals surface area contributed by atoms with Crippen molar-refractivity contribution < 1.29 is 14.3 Å². The molecule has 0 amide bonds. The highest BCUT2D eigenvalue weighted by Gasteiger charge is 2.13.